The smallest absolute Gasteiger partial charge is 0.0446 e. The van der Waals surface area contributed by atoms with Gasteiger partial charge in [-0.1, -0.05) is 48.0 Å². The van der Waals surface area contributed by atoms with Crippen molar-refractivity contribution < 1.29 is 0 Å². The van der Waals surface area contributed by atoms with Gasteiger partial charge in [-0.25, -0.2) is 0 Å². The highest BCUT2D eigenvalue weighted by Gasteiger charge is 2.01. The largest absolute Gasteiger partial charge is 0.398 e. The van der Waals surface area contributed by atoms with Crippen molar-refractivity contribution in [3.63, 3.8) is 0 Å². The summed E-state index contributed by atoms with van der Waals surface area (Å²) in [5.74, 6) is 1.83. The summed E-state index contributed by atoms with van der Waals surface area (Å²) in [5.41, 5.74) is 9.11. The van der Waals surface area contributed by atoms with Crippen LogP contribution in [-0.2, 0) is 11.5 Å². The Hall–Kier alpha value is -1.12. The van der Waals surface area contributed by atoms with E-state index in [0.717, 1.165) is 22.2 Å². The van der Waals surface area contributed by atoms with Crippen LogP contribution in [0.15, 0.2) is 48.5 Å². The number of nitrogens with two attached hydrogens (primary N) is 1. The highest BCUT2D eigenvalue weighted by atomic mass is 35.5. The Morgan fingerprint density at radius 3 is 2.18 bits per heavy atom. The quantitative estimate of drug-likeness (QED) is 0.830. The van der Waals surface area contributed by atoms with E-state index in [4.69, 9.17) is 17.3 Å². The molecule has 3 heteroatoms. The molecule has 0 aliphatic rings. The van der Waals surface area contributed by atoms with Crippen LogP contribution in [0.1, 0.15) is 11.1 Å². The predicted octanol–water partition coefficient (Wildman–Crippen LogP) is 4.36. The van der Waals surface area contributed by atoms with Gasteiger partial charge in [0.2, 0.25) is 0 Å². The van der Waals surface area contributed by atoms with Gasteiger partial charge in [-0.3, -0.25) is 0 Å². The lowest BCUT2D eigenvalue weighted by Gasteiger charge is -2.06. The monoisotopic (exact) mass is 263 g/mol. The second kappa shape index (κ2) is 5.99. The summed E-state index contributed by atoms with van der Waals surface area (Å²) >= 11 is 7.92. The third-order valence-corrected chi connectivity index (χ3v) is 3.93. The molecule has 0 radical (unpaired) electrons. The van der Waals surface area contributed by atoms with Crippen LogP contribution >= 0.6 is 23.4 Å². The van der Waals surface area contributed by atoms with Gasteiger partial charge in [0, 0.05) is 22.2 Å². The van der Waals surface area contributed by atoms with E-state index in [0.29, 0.717) is 0 Å². The third kappa shape index (κ3) is 3.42. The van der Waals surface area contributed by atoms with Gasteiger partial charge in [-0.15, -0.1) is 0 Å². The Balaban J connectivity index is 1.93. The molecule has 0 saturated carbocycles. The minimum atomic E-state index is 0.834. The standard InChI is InChI=1S/C14H14ClNS/c15-13-7-3-1-5-11(13)9-17-10-12-6-2-4-8-14(12)16/h1-8H,9-10,16H2. The minimum absolute atomic E-state index is 0.834. The summed E-state index contributed by atoms with van der Waals surface area (Å²) in [5, 5.41) is 0.834. The van der Waals surface area contributed by atoms with E-state index in [9.17, 15) is 0 Å². The van der Waals surface area contributed by atoms with E-state index < -0.39 is 0 Å². The molecule has 0 fully saturated rings. The number of halogens is 1. The van der Waals surface area contributed by atoms with E-state index in [2.05, 4.69) is 12.1 Å². The van der Waals surface area contributed by atoms with Crippen molar-refractivity contribution in [1.29, 1.82) is 0 Å². The molecule has 0 atom stereocenters. The molecule has 88 valence electrons. The first-order valence-corrected chi connectivity index (χ1v) is 6.95. The van der Waals surface area contributed by atoms with E-state index in [-0.39, 0.29) is 0 Å². The zero-order chi connectivity index (χ0) is 12.1. The molecular formula is C14H14ClNS. The fourth-order valence-electron chi connectivity index (χ4n) is 1.55. The topological polar surface area (TPSA) is 26.0 Å². The maximum absolute atomic E-state index is 6.10. The molecule has 0 spiro atoms. The van der Waals surface area contributed by atoms with Crippen LogP contribution in [0.2, 0.25) is 5.02 Å². The van der Waals surface area contributed by atoms with Gasteiger partial charge in [-0.2, -0.15) is 11.8 Å². The predicted molar refractivity (Wildman–Crippen MR) is 77.3 cm³/mol. The van der Waals surface area contributed by atoms with Crippen LogP contribution in [0.5, 0.6) is 0 Å². The SMILES string of the molecule is Nc1ccccc1CSCc1ccccc1Cl. The number of rotatable bonds is 4. The maximum Gasteiger partial charge on any atom is 0.0446 e. The van der Waals surface area contributed by atoms with Crippen molar-refractivity contribution in [1.82, 2.24) is 0 Å². The van der Waals surface area contributed by atoms with E-state index in [1.54, 1.807) is 0 Å². The molecule has 0 aromatic heterocycles. The third-order valence-electron chi connectivity index (χ3n) is 2.53. The molecule has 0 amide bonds. The Labute approximate surface area is 111 Å². The Kier molecular flexibility index (Phi) is 4.35. The van der Waals surface area contributed by atoms with Crippen LogP contribution in [0, 0.1) is 0 Å². The first kappa shape index (κ1) is 12.3. The summed E-state index contributed by atoms with van der Waals surface area (Å²) in [6.07, 6.45) is 0. The number of nitrogen functional groups attached to an aromatic ring is 1. The van der Waals surface area contributed by atoms with Crippen molar-refractivity contribution in [3.8, 4) is 0 Å². The van der Waals surface area contributed by atoms with E-state index in [1.165, 1.54) is 11.1 Å². The molecule has 2 aromatic rings. The number of benzene rings is 2. The molecule has 0 saturated heterocycles. The summed E-state index contributed by atoms with van der Waals surface area (Å²) in [6, 6.07) is 15.9. The van der Waals surface area contributed by atoms with Gasteiger partial charge in [0.15, 0.2) is 0 Å². The molecule has 2 aromatic carbocycles. The second-order valence-corrected chi connectivity index (χ2v) is 5.18. The van der Waals surface area contributed by atoms with Gasteiger partial charge in [0.1, 0.15) is 0 Å². The number of thioether (sulfide) groups is 1. The average molecular weight is 264 g/mol. The molecule has 0 bridgehead atoms. The summed E-state index contributed by atoms with van der Waals surface area (Å²) in [6.45, 7) is 0. The molecular weight excluding hydrogens is 250 g/mol. The second-order valence-electron chi connectivity index (χ2n) is 3.78. The molecule has 0 heterocycles. The molecule has 0 aliphatic heterocycles. The Morgan fingerprint density at radius 2 is 1.47 bits per heavy atom. The first-order valence-electron chi connectivity index (χ1n) is 5.42. The lowest BCUT2D eigenvalue weighted by atomic mass is 10.2. The van der Waals surface area contributed by atoms with Crippen LogP contribution in [0.25, 0.3) is 0 Å². The molecule has 2 rings (SSSR count). The number of hydrogen-bond acceptors (Lipinski definition) is 2. The van der Waals surface area contributed by atoms with Crippen LogP contribution in [0.3, 0.4) is 0 Å². The summed E-state index contributed by atoms with van der Waals surface area (Å²) < 4.78 is 0. The van der Waals surface area contributed by atoms with Crippen molar-refractivity contribution in [2.45, 2.75) is 11.5 Å². The zero-order valence-electron chi connectivity index (χ0n) is 9.40. The lowest BCUT2D eigenvalue weighted by Crippen LogP contribution is -1.92. The molecule has 17 heavy (non-hydrogen) atoms. The van der Waals surface area contributed by atoms with Crippen LogP contribution < -0.4 is 5.73 Å². The number of para-hydroxylation sites is 1. The number of hydrogen-bond donors (Lipinski definition) is 1. The van der Waals surface area contributed by atoms with Crippen molar-refractivity contribution in [2.75, 3.05) is 5.73 Å². The van der Waals surface area contributed by atoms with Crippen molar-refractivity contribution in [2.24, 2.45) is 0 Å². The first-order chi connectivity index (χ1) is 8.27. The highest BCUT2D eigenvalue weighted by Crippen LogP contribution is 2.24. The maximum atomic E-state index is 6.10. The van der Waals surface area contributed by atoms with E-state index >= 15 is 0 Å². The zero-order valence-corrected chi connectivity index (χ0v) is 11.0. The van der Waals surface area contributed by atoms with Crippen molar-refractivity contribution >= 4 is 29.1 Å². The summed E-state index contributed by atoms with van der Waals surface area (Å²) in [4.78, 5) is 0. The van der Waals surface area contributed by atoms with Crippen molar-refractivity contribution in [3.05, 3.63) is 64.7 Å². The van der Waals surface area contributed by atoms with Gasteiger partial charge in [0.05, 0.1) is 0 Å². The minimum Gasteiger partial charge on any atom is -0.398 e. The Bertz CT molecular complexity index is 454. The fraction of sp³-hybridized carbons (Fsp3) is 0.143. The average Bonchev–Trinajstić information content (AvgIpc) is 2.34. The van der Waals surface area contributed by atoms with Gasteiger partial charge >= 0.3 is 0 Å². The van der Waals surface area contributed by atoms with Gasteiger partial charge < -0.3 is 5.73 Å². The normalized spacial score (nSPS) is 10.4. The van der Waals surface area contributed by atoms with Gasteiger partial charge in [0.25, 0.3) is 0 Å². The summed E-state index contributed by atoms with van der Waals surface area (Å²) in [7, 11) is 0. The molecule has 0 aliphatic carbocycles. The lowest BCUT2D eigenvalue weighted by molar-refractivity contribution is 1.37. The van der Waals surface area contributed by atoms with Crippen LogP contribution in [-0.4, -0.2) is 0 Å². The fourth-order valence-corrected chi connectivity index (χ4v) is 2.89. The van der Waals surface area contributed by atoms with E-state index in [1.807, 2.05) is 48.2 Å². The van der Waals surface area contributed by atoms with Crippen LogP contribution in [0.4, 0.5) is 5.69 Å². The molecule has 2 N–H and O–H groups in total. The van der Waals surface area contributed by atoms with Gasteiger partial charge in [-0.05, 0) is 23.3 Å². The Morgan fingerprint density at radius 1 is 0.882 bits per heavy atom. The molecule has 0 unspecified atom stereocenters. The molecule has 1 nitrogen and oxygen atoms in total. The highest BCUT2D eigenvalue weighted by molar-refractivity contribution is 7.97. The number of anilines is 1.